The highest BCUT2D eigenvalue weighted by molar-refractivity contribution is 7.80. The molecule has 2 amide bonds. The van der Waals surface area contributed by atoms with Crippen LogP contribution in [0.25, 0.3) is 0 Å². The van der Waals surface area contributed by atoms with Gasteiger partial charge in [-0.3, -0.25) is 0 Å². The predicted octanol–water partition coefficient (Wildman–Crippen LogP) is 3.18. The Hall–Kier alpha value is -3.20. The van der Waals surface area contributed by atoms with Gasteiger partial charge in [-0.2, -0.15) is 12.6 Å². The molecule has 2 atom stereocenters. The molecule has 0 radical (unpaired) electrons. The highest BCUT2D eigenvalue weighted by Crippen LogP contribution is 2.10. The third kappa shape index (κ3) is 8.44. The van der Waals surface area contributed by atoms with Crippen LogP contribution < -0.4 is 20.1 Å². The van der Waals surface area contributed by atoms with Crippen LogP contribution >= 0.6 is 12.6 Å². The molecular formula is C21H24N2O6S. The summed E-state index contributed by atoms with van der Waals surface area (Å²) in [6.45, 7) is 1.65. The minimum atomic E-state index is -0.933. The van der Waals surface area contributed by atoms with E-state index in [1.807, 2.05) is 0 Å². The van der Waals surface area contributed by atoms with E-state index in [4.69, 9.17) is 14.2 Å². The van der Waals surface area contributed by atoms with Gasteiger partial charge in [0.1, 0.15) is 23.6 Å². The Kier molecular flexibility index (Phi) is 9.53. The van der Waals surface area contributed by atoms with E-state index in [-0.39, 0.29) is 13.0 Å². The summed E-state index contributed by atoms with van der Waals surface area (Å²) in [5.74, 6) is 0.443. The van der Waals surface area contributed by atoms with Gasteiger partial charge in [-0.1, -0.05) is 36.4 Å². The van der Waals surface area contributed by atoms with Gasteiger partial charge in [0, 0.05) is 0 Å². The van der Waals surface area contributed by atoms with Gasteiger partial charge in [-0.15, -0.1) is 0 Å². The molecule has 0 aromatic heterocycles. The highest BCUT2D eigenvalue weighted by Gasteiger charge is 2.24. The number of nitrogens with one attached hydrogen (secondary N) is 2. The number of carbonyl (C=O) groups is 3. The number of thiol groups is 1. The first-order valence-electron chi connectivity index (χ1n) is 9.33. The average molecular weight is 432 g/mol. The number of hydrogen-bond acceptors (Lipinski definition) is 7. The van der Waals surface area contributed by atoms with Crippen LogP contribution in [0.3, 0.4) is 0 Å². The molecule has 0 spiro atoms. The molecule has 2 N–H and O–H groups in total. The maximum absolute atomic E-state index is 12.4. The summed E-state index contributed by atoms with van der Waals surface area (Å²) in [6.07, 6.45) is -1.83. The summed E-state index contributed by atoms with van der Waals surface area (Å²) >= 11 is 4.11. The second-order valence-electron chi connectivity index (χ2n) is 6.24. The Bertz CT molecular complexity index is 819. The quantitative estimate of drug-likeness (QED) is 0.415. The third-order valence-electron chi connectivity index (χ3n) is 3.75. The van der Waals surface area contributed by atoms with E-state index >= 15 is 0 Å². The number of ether oxygens (including phenoxy) is 3. The van der Waals surface area contributed by atoms with Crippen LogP contribution in [0.15, 0.2) is 60.7 Å². The first-order chi connectivity index (χ1) is 14.5. The first kappa shape index (κ1) is 23.1. The van der Waals surface area contributed by atoms with Crippen molar-refractivity contribution >= 4 is 30.8 Å². The third-order valence-corrected chi connectivity index (χ3v) is 4.01. The number of esters is 1. The lowest BCUT2D eigenvalue weighted by atomic mass is 10.2. The SMILES string of the molecule is CC(CNC(=O)Oc1ccccc1)OC(=O)C(CCS)NC(=O)Oc1ccccc1. The Morgan fingerprint density at radius 2 is 1.43 bits per heavy atom. The number of hydrogen-bond donors (Lipinski definition) is 3. The second kappa shape index (κ2) is 12.4. The van der Waals surface area contributed by atoms with Crippen molar-refractivity contribution in [2.75, 3.05) is 12.3 Å². The second-order valence-corrected chi connectivity index (χ2v) is 6.69. The maximum atomic E-state index is 12.4. The van der Waals surface area contributed by atoms with Crippen molar-refractivity contribution < 1.29 is 28.6 Å². The molecule has 0 saturated heterocycles. The number of amides is 2. The lowest BCUT2D eigenvalue weighted by Crippen LogP contribution is -2.45. The topological polar surface area (TPSA) is 103 Å². The Morgan fingerprint density at radius 1 is 0.900 bits per heavy atom. The normalized spacial score (nSPS) is 12.2. The molecule has 2 unspecified atom stereocenters. The fraction of sp³-hybridized carbons (Fsp3) is 0.286. The van der Waals surface area contributed by atoms with Gasteiger partial charge in [0.15, 0.2) is 0 Å². The minimum absolute atomic E-state index is 0.0411. The lowest BCUT2D eigenvalue weighted by Gasteiger charge is -2.20. The highest BCUT2D eigenvalue weighted by atomic mass is 32.1. The molecule has 0 bridgehead atoms. The fourth-order valence-corrected chi connectivity index (χ4v) is 2.58. The molecular weight excluding hydrogens is 408 g/mol. The van der Waals surface area contributed by atoms with Crippen LogP contribution in [0.5, 0.6) is 11.5 Å². The van der Waals surface area contributed by atoms with Gasteiger partial charge in [0.25, 0.3) is 0 Å². The van der Waals surface area contributed by atoms with Gasteiger partial charge < -0.3 is 24.8 Å². The van der Waals surface area contributed by atoms with E-state index in [0.29, 0.717) is 17.3 Å². The van der Waals surface area contributed by atoms with E-state index in [1.165, 1.54) is 0 Å². The monoisotopic (exact) mass is 432 g/mol. The van der Waals surface area contributed by atoms with E-state index in [0.717, 1.165) is 0 Å². The molecule has 2 rings (SSSR count). The van der Waals surface area contributed by atoms with Gasteiger partial charge in [0.05, 0.1) is 6.54 Å². The average Bonchev–Trinajstić information content (AvgIpc) is 2.73. The zero-order valence-corrected chi connectivity index (χ0v) is 17.3. The van der Waals surface area contributed by atoms with Crippen LogP contribution in [-0.4, -0.2) is 42.6 Å². The van der Waals surface area contributed by atoms with Crippen molar-refractivity contribution in [3.8, 4) is 11.5 Å². The van der Waals surface area contributed by atoms with E-state index in [9.17, 15) is 14.4 Å². The molecule has 0 aliphatic heterocycles. The zero-order valence-electron chi connectivity index (χ0n) is 16.4. The van der Waals surface area contributed by atoms with E-state index in [1.54, 1.807) is 67.6 Å². The lowest BCUT2D eigenvalue weighted by molar-refractivity contribution is -0.150. The van der Waals surface area contributed by atoms with Crippen LogP contribution in [0.2, 0.25) is 0 Å². The molecule has 0 aliphatic rings. The predicted molar refractivity (Wildman–Crippen MR) is 114 cm³/mol. The van der Waals surface area contributed by atoms with Crippen LogP contribution in [0.1, 0.15) is 13.3 Å². The number of rotatable bonds is 9. The molecule has 0 heterocycles. The summed E-state index contributed by atoms with van der Waals surface area (Å²) in [5.41, 5.74) is 0. The maximum Gasteiger partial charge on any atom is 0.413 e. The minimum Gasteiger partial charge on any atom is -0.459 e. The Labute approximate surface area is 180 Å². The summed E-state index contributed by atoms with van der Waals surface area (Å²) < 4.78 is 15.5. The smallest absolute Gasteiger partial charge is 0.413 e. The van der Waals surface area contributed by atoms with Crippen molar-refractivity contribution in [2.24, 2.45) is 0 Å². The van der Waals surface area contributed by atoms with Crippen LogP contribution in [0, 0.1) is 0 Å². The fourth-order valence-electron chi connectivity index (χ4n) is 2.33. The number of carbonyl (C=O) groups excluding carboxylic acids is 3. The summed E-state index contributed by atoms with van der Waals surface area (Å²) in [4.78, 5) is 36.2. The first-order valence-corrected chi connectivity index (χ1v) is 9.96. The molecule has 2 aromatic carbocycles. The van der Waals surface area contributed by atoms with Crippen LogP contribution in [-0.2, 0) is 9.53 Å². The number of para-hydroxylation sites is 2. The molecule has 8 nitrogen and oxygen atoms in total. The molecule has 9 heteroatoms. The van der Waals surface area contributed by atoms with Gasteiger partial charge in [0.2, 0.25) is 0 Å². The summed E-state index contributed by atoms with van der Waals surface area (Å²) in [7, 11) is 0. The van der Waals surface area contributed by atoms with Gasteiger partial charge >= 0.3 is 18.2 Å². The Morgan fingerprint density at radius 3 is 1.97 bits per heavy atom. The molecule has 160 valence electrons. The Balaban J connectivity index is 1.78. The van der Waals surface area contributed by atoms with Crippen LogP contribution in [0.4, 0.5) is 9.59 Å². The summed E-state index contributed by atoms with van der Waals surface area (Å²) in [6, 6.07) is 16.1. The molecule has 2 aromatic rings. The van der Waals surface area contributed by atoms with Gasteiger partial charge in [-0.05, 0) is 43.4 Å². The molecule has 0 saturated carbocycles. The standard InChI is InChI=1S/C21H24N2O6S/c1-15(14-22-20(25)28-16-8-4-2-5-9-16)27-19(24)18(12-13-30)23-21(26)29-17-10-6-3-7-11-17/h2-11,15,18,30H,12-14H2,1H3,(H,22,25)(H,23,26). The number of benzene rings is 2. The van der Waals surface area contributed by atoms with Crippen molar-refractivity contribution in [3.63, 3.8) is 0 Å². The summed E-state index contributed by atoms with van der Waals surface area (Å²) in [5, 5.41) is 4.99. The van der Waals surface area contributed by atoms with Crippen molar-refractivity contribution in [1.29, 1.82) is 0 Å². The molecule has 0 aliphatic carbocycles. The molecule has 0 fully saturated rings. The van der Waals surface area contributed by atoms with E-state index in [2.05, 4.69) is 23.3 Å². The van der Waals surface area contributed by atoms with Crippen molar-refractivity contribution in [2.45, 2.75) is 25.5 Å². The van der Waals surface area contributed by atoms with Crippen molar-refractivity contribution in [3.05, 3.63) is 60.7 Å². The van der Waals surface area contributed by atoms with E-state index < -0.39 is 30.3 Å². The molecule has 30 heavy (non-hydrogen) atoms. The van der Waals surface area contributed by atoms with Gasteiger partial charge in [-0.25, -0.2) is 14.4 Å². The largest absolute Gasteiger partial charge is 0.459 e. The van der Waals surface area contributed by atoms with Crippen molar-refractivity contribution in [1.82, 2.24) is 10.6 Å². The zero-order chi connectivity index (χ0) is 21.8.